The highest BCUT2D eigenvalue weighted by atomic mass is 79.9. The SMILES string of the molecule is Br.CCOc1ccc(S(=O)(=O)O)c2cccnc12. The summed E-state index contributed by atoms with van der Waals surface area (Å²) >= 11 is 0. The Balaban J connectivity index is 0.00000162. The Kier molecular flexibility index (Phi) is 4.66. The van der Waals surface area contributed by atoms with Crippen LogP contribution < -0.4 is 4.74 Å². The van der Waals surface area contributed by atoms with Gasteiger partial charge >= 0.3 is 0 Å². The molecule has 7 heteroatoms. The van der Waals surface area contributed by atoms with Crippen molar-refractivity contribution in [2.45, 2.75) is 11.8 Å². The largest absolute Gasteiger partial charge is 0.492 e. The fourth-order valence-corrected chi connectivity index (χ4v) is 2.30. The third-order valence-electron chi connectivity index (χ3n) is 2.27. The first kappa shape index (κ1) is 14.9. The molecule has 5 nitrogen and oxygen atoms in total. The number of aromatic nitrogens is 1. The third-order valence-corrected chi connectivity index (χ3v) is 3.18. The second-order valence-corrected chi connectivity index (χ2v) is 4.76. The van der Waals surface area contributed by atoms with Crippen molar-refractivity contribution in [3.8, 4) is 5.75 Å². The van der Waals surface area contributed by atoms with Crippen molar-refractivity contribution in [1.82, 2.24) is 4.98 Å². The van der Waals surface area contributed by atoms with Crippen LogP contribution in [0.1, 0.15) is 6.92 Å². The molecule has 0 amide bonds. The molecular formula is C11H12BrNO4S. The second-order valence-electron chi connectivity index (χ2n) is 3.37. The van der Waals surface area contributed by atoms with E-state index in [0.29, 0.717) is 23.3 Å². The lowest BCUT2D eigenvalue weighted by Crippen LogP contribution is -2.01. The van der Waals surface area contributed by atoms with Gasteiger partial charge in [0.2, 0.25) is 0 Å². The maximum atomic E-state index is 11.2. The van der Waals surface area contributed by atoms with Crippen LogP contribution >= 0.6 is 17.0 Å². The molecule has 0 aliphatic carbocycles. The molecule has 0 aliphatic rings. The Bertz CT molecular complexity index is 657. The van der Waals surface area contributed by atoms with Crippen molar-refractivity contribution in [2.24, 2.45) is 0 Å². The zero-order valence-electron chi connectivity index (χ0n) is 9.53. The molecule has 2 aromatic rings. The Morgan fingerprint density at radius 2 is 2.06 bits per heavy atom. The quantitative estimate of drug-likeness (QED) is 0.873. The van der Waals surface area contributed by atoms with Crippen LogP contribution in [0.15, 0.2) is 35.4 Å². The van der Waals surface area contributed by atoms with Crippen LogP contribution in [-0.4, -0.2) is 24.6 Å². The number of ether oxygens (including phenoxy) is 1. The van der Waals surface area contributed by atoms with Gasteiger partial charge in [0.15, 0.2) is 0 Å². The molecule has 1 N–H and O–H groups in total. The van der Waals surface area contributed by atoms with Gasteiger partial charge in [0.05, 0.1) is 6.61 Å². The highest BCUT2D eigenvalue weighted by molar-refractivity contribution is 8.93. The zero-order chi connectivity index (χ0) is 12.5. The summed E-state index contributed by atoms with van der Waals surface area (Å²) in [6.07, 6.45) is 1.54. The van der Waals surface area contributed by atoms with Crippen LogP contribution in [0.25, 0.3) is 10.9 Å². The molecular weight excluding hydrogens is 322 g/mol. The van der Waals surface area contributed by atoms with E-state index in [1.54, 1.807) is 18.3 Å². The molecule has 1 heterocycles. The minimum Gasteiger partial charge on any atom is -0.492 e. The van der Waals surface area contributed by atoms with Crippen molar-refractivity contribution in [2.75, 3.05) is 6.61 Å². The van der Waals surface area contributed by atoms with Crippen LogP contribution in [0.3, 0.4) is 0 Å². The molecule has 0 saturated carbocycles. The third kappa shape index (κ3) is 2.80. The van der Waals surface area contributed by atoms with E-state index in [2.05, 4.69) is 4.98 Å². The maximum Gasteiger partial charge on any atom is 0.295 e. The van der Waals surface area contributed by atoms with Gasteiger partial charge in [-0.3, -0.25) is 9.54 Å². The summed E-state index contributed by atoms with van der Waals surface area (Å²) < 4.78 is 36.9. The molecule has 0 radical (unpaired) electrons. The smallest absolute Gasteiger partial charge is 0.295 e. The topological polar surface area (TPSA) is 76.5 Å². The minimum atomic E-state index is -4.26. The van der Waals surface area contributed by atoms with Gasteiger partial charge in [-0.15, -0.1) is 17.0 Å². The van der Waals surface area contributed by atoms with Crippen molar-refractivity contribution in [3.63, 3.8) is 0 Å². The highest BCUT2D eigenvalue weighted by Gasteiger charge is 2.16. The summed E-state index contributed by atoms with van der Waals surface area (Å²) in [5, 5.41) is 0.348. The molecule has 0 saturated heterocycles. The maximum absolute atomic E-state index is 11.2. The van der Waals surface area contributed by atoms with Gasteiger partial charge in [-0.05, 0) is 31.2 Å². The summed E-state index contributed by atoms with van der Waals surface area (Å²) in [5.41, 5.74) is 0.421. The van der Waals surface area contributed by atoms with Crippen molar-refractivity contribution in [3.05, 3.63) is 30.5 Å². The Labute approximate surface area is 115 Å². The molecule has 1 aromatic carbocycles. The Morgan fingerprint density at radius 1 is 1.33 bits per heavy atom. The number of hydrogen-bond donors (Lipinski definition) is 1. The van der Waals surface area contributed by atoms with E-state index < -0.39 is 10.1 Å². The number of halogens is 1. The summed E-state index contributed by atoms with van der Waals surface area (Å²) in [6.45, 7) is 2.28. The van der Waals surface area contributed by atoms with Crippen LogP contribution in [0.2, 0.25) is 0 Å². The molecule has 0 spiro atoms. The number of rotatable bonds is 3. The van der Waals surface area contributed by atoms with Crippen LogP contribution in [0.4, 0.5) is 0 Å². The van der Waals surface area contributed by atoms with Crippen molar-refractivity contribution < 1.29 is 17.7 Å². The van der Waals surface area contributed by atoms with E-state index >= 15 is 0 Å². The van der Waals surface area contributed by atoms with E-state index in [1.165, 1.54) is 12.1 Å². The molecule has 0 bridgehead atoms. The fourth-order valence-electron chi connectivity index (χ4n) is 1.62. The first-order valence-electron chi connectivity index (χ1n) is 5.02. The van der Waals surface area contributed by atoms with Gasteiger partial charge in [-0.1, -0.05) is 0 Å². The molecule has 18 heavy (non-hydrogen) atoms. The van der Waals surface area contributed by atoms with Gasteiger partial charge in [-0.25, -0.2) is 0 Å². The summed E-state index contributed by atoms with van der Waals surface area (Å²) in [6, 6.07) is 5.98. The van der Waals surface area contributed by atoms with E-state index in [0.717, 1.165) is 0 Å². The van der Waals surface area contributed by atoms with E-state index in [9.17, 15) is 8.42 Å². The normalized spacial score (nSPS) is 11.0. The molecule has 98 valence electrons. The number of pyridine rings is 1. The lowest BCUT2D eigenvalue weighted by Gasteiger charge is -2.08. The van der Waals surface area contributed by atoms with Crippen LogP contribution in [0, 0.1) is 0 Å². The number of hydrogen-bond acceptors (Lipinski definition) is 4. The predicted molar refractivity (Wildman–Crippen MR) is 73.0 cm³/mol. The second kappa shape index (κ2) is 5.64. The summed E-state index contributed by atoms with van der Waals surface area (Å²) in [5.74, 6) is 0.496. The van der Waals surface area contributed by atoms with Crippen molar-refractivity contribution >= 4 is 38.0 Å². The van der Waals surface area contributed by atoms with Crippen LogP contribution in [-0.2, 0) is 10.1 Å². The van der Waals surface area contributed by atoms with E-state index in [1.807, 2.05) is 6.92 Å². The minimum absolute atomic E-state index is 0. The average Bonchev–Trinajstić information content (AvgIpc) is 2.28. The zero-order valence-corrected chi connectivity index (χ0v) is 12.1. The first-order chi connectivity index (χ1) is 8.04. The molecule has 0 atom stereocenters. The fraction of sp³-hybridized carbons (Fsp3) is 0.182. The number of nitrogens with zero attached hydrogens (tertiary/aromatic N) is 1. The highest BCUT2D eigenvalue weighted by Crippen LogP contribution is 2.29. The van der Waals surface area contributed by atoms with Gasteiger partial charge in [0, 0.05) is 11.6 Å². The van der Waals surface area contributed by atoms with Crippen molar-refractivity contribution in [1.29, 1.82) is 0 Å². The standard InChI is InChI=1S/C11H11NO4S.BrH/c1-2-16-9-5-6-10(17(13,14)15)8-4-3-7-12-11(8)9;/h3-7H,2H2,1H3,(H,13,14,15);1H. The number of benzene rings is 1. The van der Waals surface area contributed by atoms with Crippen LogP contribution in [0.5, 0.6) is 5.75 Å². The van der Waals surface area contributed by atoms with Gasteiger partial charge < -0.3 is 4.74 Å². The lowest BCUT2D eigenvalue weighted by molar-refractivity contribution is 0.343. The van der Waals surface area contributed by atoms with Gasteiger partial charge in [0.1, 0.15) is 16.2 Å². The summed E-state index contributed by atoms with van der Waals surface area (Å²) in [7, 11) is -4.26. The molecule has 0 fully saturated rings. The lowest BCUT2D eigenvalue weighted by atomic mass is 10.2. The van der Waals surface area contributed by atoms with E-state index in [-0.39, 0.29) is 21.9 Å². The first-order valence-corrected chi connectivity index (χ1v) is 6.46. The molecule has 2 rings (SSSR count). The monoisotopic (exact) mass is 333 g/mol. The van der Waals surface area contributed by atoms with Gasteiger partial charge in [-0.2, -0.15) is 8.42 Å². The average molecular weight is 334 g/mol. The Hall–Kier alpha value is -1.18. The number of fused-ring (bicyclic) bond motifs is 1. The molecule has 0 unspecified atom stereocenters. The molecule has 0 aliphatic heterocycles. The predicted octanol–water partition coefficient (Wildman–Crippen LogP) is 2.46. The van der Waals surface area contributed by atoms with Gasteiger partial charge in [0.25, 0.3) is 10.1 Å². The Morgan fingerprint density at radius 3 is 2.67 bits per heavy atom. The summed E-state index contributed by atoms with van der Waals surface area (Å²) in [4.78, 5) is 3.91. The molecule has 1 aromatic heterocycles. The van der Waals surface area contributed by atoms with E-state index in [4.69, 9.17) is 9.29 Å².